The van der Waals surface area contributed by atoms with Gasteiger partial charge in [-0.05, 0) is 18.6 Å². The van der Waals surface area contributed by atoms with E-state index in [9.17, 15) is 0 Å². The highest BCUT2D eigenvalue weighted by atomic mass is 35.5. The van der Waals surface area contributed by atoms with Crippen molar-refractivity contribution in [2.24, 2.45) is 0 Å². The Bertz CT molecular complexity index is 627. The monoisotopic (exact) mass is 323 g/mol. The van der Waals surface area contributed by atoms with Gasteiger partial charge in [-0.3, -0.25) is 0 Å². The summed E-state index contributed by atoms with van der Waals surface area (Å²) in [6.07, 6.45) is 1.04. The predicted molar refractivity (Wildman–Crippen MR) is 90.4 cm³/mol. The number of rotatable bonds is 5. The maximum Gasteiger partial charge on any atom is 0.133 e. The van der Waals surface area contributed by atoms with Gasteiger partial charge in [0, 0.05) is 24.1 Å². The van der Waals surface area contributed by atoms with Gasteiger partial charge in [-0.15, -0.1) is 0 Å². The summed E-state index contributed by atoms with van der Waals surface area (Å²) in [6, 6.07) is 7.49. The Balaban J connectivity index is 2.45. The van der Waals surface area contributed by atoms with Crippen LogP contribution in [-0.2, 0) is 0 Å². The van der Waals surface area contributed by atoms with Gasteiger partial charge < -0.3 is 5.32 Å². The Morgan fingerprint density at radius 3 is 2.48 bits per heavy atom. The highest BCUT2D eigenvalue weighted by Crippen LogP contribution is 2.29. The van der Waals surface area contributed by atoms with Crippen LogP contribution in [0.5, 0.6) is 0 Å². The Hall–Kier alpha value is -1.32. The van der Waals surface area contributed by atoms with Crippen LogP contribution in [0.2, 0.25) is 10.0 Å². The fourth-order valence-electron chi connectivity index (χ4n) is 1.87. The van der Waals surface area contributed by atoms with Crippen molar-refractivity contribution in [1.29, 1.82) is 0 Å². The Labute approximate surface area is 135 Å². The molecule has 0 saturated heterocycles. The van der Waals surface area contributed by atoms with Crippen LogP contribution >= 0.6 is 23.2 Å². The molecule has 1 aromatic heterocycles. The molecule has 0 aliphatic rings. The minimum absolute atomic E-state index is 0.259. The normalized spacial score (nSPS) is 11.0. The zero-order valence-corrected chi connectivity index (χ0v) is 14.0. The van der Waals surface area contributed by atoms with Crippen LogP contribution in [0.1, 0.15) is 38.9 Å². The molecule has 112 valence electrons. The first-order chi connectivity index (χ1) is 10.0. The third-order valence-corrected chi connectivity index (χ3v) is 3.77. The molecule has 0 radical (unpaired) electrons. The van der Waals surface area contributed by atoms with Crippen LogP contribution in [0.4, 0.5) is 5.82 Å². The van der Waals surface area contributed by atoms with E-state index in [4.69, 9.17) is 23.2 Å². The molecule has 0 aliphatic carbocycles. The number of anilines is 1. The van der Waals surface area contributed by atoms with E-state index >= 15 is 0 Å². The van der Waals surface area contributed by atoms with Gasteiger partial charge in [0.15, 0.2) is 0 Å². The lowest BCUT2D eigenvalue weighted by Gasteiger charge is -2.12. The average Bonchev–Trinajstić information content (AvgIpc) is 2.47. The third-order valence-electron chi connectivity index (χ3n) is 3.03. The molecule has 0 unspecified atom stereocenters. The van der Waals surface area contributed by atoms with E-state index in [2.05, 4.69) is 36.1 Å². The third kappa shape index (κ3) is 4.08. The van der Waals surface area contributed by atoms with Crippen molar-refractivity contribution in [2.75, 3.05) is 11.9 Å². The molecule has 1 aromatic carbocycles. The minimum atomic E-state index is 0.259. The van der Waals surface area contributed by atoms with Crippen LogP contribution in [0, 0.1) is 0 Å². The summed E-state index contributed by atoms with van der Waals surface area (Å²) in [5, 5.41) is 4.39. The molecule has 2 rings (SSSR count). The van der Waals surface area contributed by atoms with Crippen molar-refractivity contribution in [1.82, 2.24) is 9.97 Å². The van der Waals surface area contributed by atoms with Gasteiger partial charge in [-0.2, -0.15) is 0 Å². The Morgan fingerprint density at radius 2 is 1.86 bits per heavy atom. The van der Waals surface area contributed by atoms with Gasteiger partial charge >= 0.3 is 0 Å². The van der Waals surface area contributed by atoms with Crippen LogP contribution in [-0.4, -0.2) is 16.5 Å². The van der Waals surface area contributed by atoms with Crippen LogP contribution in [0.15, 0.2) is 24.3 Å². The Morgan fingerprint density at radius 1 is 1.10 bits per heavy atom. The molecule has 0 bridgehead atoms. The summed E-state index contributed by atoms with van der Waals surface area (Å²) in [7, 11) is 0. The number of benzene rings is 1. The van der Waals surface area contributed by atoms with E-state index in [-0.39, 0.29) is 5.92 Å². The van der Waals surface area contributed by atoms with Gasteiger partial charge in [-0.25, -0.2) is 9.97 Å². The van der Waals surface area contributed by atoms with E-state index in [0.717, 1.165) is 35.9 Å². The molecule has 1 N–H and O–H groups in total. The first kappa shape index (κ1) is 16.1. The number of aromatic nitrogens is 2. The molecule has 0 amide bonds. The Kier molecular flexibility index (Phi) is 5.43. The van der Waals surface area contributed by atoms with Gasteiger partial charge in [0.1, 0.15) is 11.6 Å². The molecule has 0 fully saturated rings. The fraction of sp³-hybridized carbons (Fsp3) is 0.375. The van der Waals surface area contributed by atoms with Crippen molar-refractivity contribution in [3.05, 3.63) is 40.1 Å². The first-order valence-electron chi connectivity index (χ1n) is 7.09. The zero-order chi connectivity index (χ0) is 15.4. The molecule has 1 heterocycles. The number of nitrogens with zero attached hydrogens (tertiary/aromatic N) is 2. The molecule has 0 atom stereocenters. The number of nitrogens with one attached hydrogen (secondary N) is 1. The van der Waals surface area contributed by atoms with Crippen LogP contribution in [0.25, 0.3) is 11.3 Å². The lowest BCUT2D eigenvalue weighted by molar-refractivity contribution is 0.775. The van der Waals surface area contributed by atoms with E-state index in [1.54, 1.807) is 6.07 Å². The number of halogens is 2. The zero-order valence-electron chi connectivity index (χ0n) is 12.5. The largest absolute Gasteiger partial charge is 0.370 e. The lowest BCUT2D eigenvalue weighted by Crippen LogP contribution is -2.07. The molecular weight excluding hydrogens is 305 g/mol. The van der Waals surface area contributed by atoms with Gasteiger partial charge in [0.25, 0.3) is 0 Å². The van der Waals surface area contributed by atoms with Gasteiger partial charge in [0.05, 0.1) is 15.7 Å². The SMILES string of the molecule is CCCNc1cc(-c2ccc(Cl)c(Cl)c2)nc(C(C)C)n1. The van der Waals surface area contributed by atoms with Crippen molar-refractivity contribution in [2.45, 2.75) is 33.1 Å². The second-order valence-electron chi connectivity index (χ2n) is 5.21. The molecule has 5 heteroatoms. The summed E-state index contributed by atoms with van der Waals surface area (Å²) in [5.74, 6) is 1.92. The summed E-state index contributed by atoms with van der Waals surface area (Å²) >= 11 is 12.1. The van der Waals surface area contributed by atoms with Gasteiger partial charge in [0.2, 0.25) is 0 Å². The standard InChI is InChI=1S/C16H19Cl2N3/c1-4-7-19-15-9-14(20-16(21-15)10(2)3)11-5-6-12(17)13(18)8-11/h5-6,8-10H,4,7H2,1-3H3,(H,19,20,21). The predicted octanol–water partition coefficient (Wildman–Crippen LogP) is 5.40. The summed E-state index contributed by atoms with van der Waals surface area (Å²) in [5.41, 5.74) is 1.79. The minimum Gasteiger partial charge on any atom is -0.370 e. The second-order valence-corrected chi connectivity index (χ2v) is 6.02. The van der Waals surface area contributed by atoms with Crippen molar-refractivity contribution in [3.8, 4) is 11.3 Å². The molecule has 21 heavy (non-hydrogen) atoms. The van der Waals surface area contributed by atoms with Crippen LogP contribution in [0.3, 0.4) is 0 Å². The number of hydrogen-bond donors (Lipinski definition) is 1. The van der Waals surface area contributed by atoms with Gasteiger partial charge in [-0.1, -0.05) is 50.0 Å². The molecular formula is C16H19Cl2N3. The smallest absolute Gasteiger partial charge is 0.133 e. The van der Waals surface area contributed by atoms with Crippen molar-refractivity contribution in [3.63, 3.8) is 0 Å². The van der Waals surface area contributed by atoms with E-state index in [1.807, 2.05) is 18.2 Å². The lowest BCUT2D eigenvalue weighted by atomic mass is 10.1. The molecule has 0 saturated carbocycles. The van der Waals surface area contributed by atoms with E-state index in [1.165, 1.54) is 0 Å². The highest BCUT2D eigenvalue weighted by molar-refractivity contribution is 6.42. The first-order valence-corrected chi connectivity index (χ1v) is 7.85. The van der Waals surface area contributed by atoms with Crippen LogP contribution < -0.4 is 5.32 Å². The molecule has 3 nitrogen and oxygen atoms in total. The molecule has 0 spiro atoms. The summed E-state index contributed by atoms with van der Waals surface area (Å²) in [4.78, 5) is 9.18. The van der Waals surface area contributed by atoms with Crippen molar-refractivity contribution >= 4 is 29.0 Å². The topological polar surface area (TPSA) is 37.8 Å². The fourth-order valence-corrected chi connectivity index (χ4v) is 2.17. The molecule has 0 aliphatic heterocycles. The van der Waals surface area contributed by atoms with E-state index in [0.29, 0.717) is 10.0 Å². The summed E-state index contributed by atoms with van der Waals surface area (Å²) in [6.45, 7) is 7.17. The maximum atomic E-state index is 6.10. The average molecular weight is 324 g/mol. The van der Waals surface area contributed by atoms with Crippen molar-refractivity contribution < 1.29 is 0 Å². The van der Waals surface area contributed by atoms with E-state index < -0.39 is 0 Å². The molecule has 2 aromatic rings. The summed E-state index contributed by atoms with van der Waals surface area (Å²) < 4.78 is 0. The quantitative estimate of drug-likeness (QED) is 0.800. The second kappa shape index (κ2) is 7.10. The number of hydrogen-bond acceptors (Lipinski definition) is 3. The maximum absolute atomic E-state index is 6.10. The highest BCUT2D eigenvalue weighted by Gasteiger charge is 2.10.